The van der Waals surface area contributed by atoms with Gasteiger partial charge in [0.15, 0.2) is 17.2 Å². The van der Waals surface area contributed by atoms with Crippen molar-refractivity contribution in [1.29, 1.82) is 0 Å². The van der Waals surface area contributed by atoms with Crippen LogP contribution in [-0.2, 0) is 24.0 Å². The predicted molar refractivity (Wildman–Crippen MR) is 116 cm³/mol. The van der Waals surface area contributed by atoms with Crippen molar-refractivity contribution in [1.82, 2.24) is 9.97 Å². The summed E-state index contributed by atoms with van der Waals surface area (Å²) < 4.78 is 50.2. The molecule has 33 heavy (non-hydrogen) atoms. The number of halogens is 3. The first-order valence-corrected chi connectivity index (χ1v) is 10.8. The maximum atomic E-state index is 12.8. The quantitative estimate of drug-likeness (QED) is 0.343. The summed E-state index contributed by atoms with van der Waals surface area (Å²) in [5.41, 5.74) is 2.45. The van der Waals surface area contributed by atoms with Gasteiger partial charge in [-0.15, -0.1) is 11.3 Å². The van der Waals surface area contributed by atoms with Crippen LogP contribution in [0.5, 0.6) is 5.75 Å². The fourth-order valence-corrected chi connectivity index (χ4v) is 4.22. The van der Waals surface area contributed by atoms with Crippen LogP contribution in [0, 0.1) is 13.8 Å². The van der Waals surface area contributed by atoms with Gasteiger partial charge in [0.2, 0.25) is 0 Å². The number of oxazole rings is 1. The molecule has 0 aliphatic rings. The predicted octanol–water partition coefficient (Wildman–Crippen LogP) is 6.18. The molecule has 0 unspecified atom stereocenters. The van der Waals surface area contributed by atoms with Crippen molar-refractivity contribution in [2.24, 2.45) is 0 Å². The summed E-state index contributed by atoms with van der Waals surface area (Å²) in [4.78, 5) is 20.5. The van der Waals surface area contributed by atoms with Gasteiger partial charge in [-0.05, 0) is 37.6 Å². The lowest BCUT2D eigenvalue weighted by Crippen LogP contribution is -2.03. The molecule has 2 aromatic carbocycles. The van der Waals surface area contributed by atoms with Gasteiger partial charge in [0.1, 0.15) is 17.1 Å². The highest BCUT2D eigenvalue weighted by atomic mass is 32.1. The first-order valence-electron chi connectivity index (χ1n) is 9.99. The summed E-state index contributed by atoms with van der Waals surface area (Å²) in [6, 6.07) is 8.52. The maximum Gasteiger partial charge on any atom is 0.416 e. The van der Waals surface area contributed by atoms with Crippen LogP contribution in [0.2, 0.25) is 0 Å². The van der Waals surface area contributed by atoms with Crippen molar-refractivity contribution in [3.63, 3.8) is 0 Å². The molecule has 0 saturated heterocycles. The summed E-state index contributed by atoms with van der Waals surface area (Å²) in [6.07, 6.45) is -4.30. The van der Waals surface area contributed by atoms with Crippen molar-refractivity contribution < 1.29 is 32.2 Å². The number of hydrogen-bond donors (Lipinski definition) is 1. The van der Waals surface area contributed by atoms with Crippen LogP contribution in [0.4, 0.5) is 13.2 Å². The minimum absolute atomic E-state index is 0.0885. The van der Waals surface area contributed by atoms with E-state index < -0.39 is 17.7 Å². The number of carboxylic acid groups (broad SMARTS) is 1. The molecule has 10 heteroatoms. The number of rotatable bonds is 7. The lowest BCUT2D eigenvalue weighted by atomic mass is 10.1. The van der Waals surface area contributed by atoms with E-state index in [1.54, 1.807) is 6.07 Å². The highest BCUT2D eigenvalue weighted by molar-refractivity contribution is 7.15. The highest BCUT2D eigenvalue weighted by Gasteiger charge is 2.30. The van der Waals surface area contributed by atoms with Gasteiger partial charge in [-0.2, -0.15) is 13.2 Å². The zero-order valence-corrected chi connectivity index (χ0v) is 18.5. The molecule has 0 amide bonds. The molecule has 0 bridgehead atoms. The first kappa shape index (κ1) is 22.8. The normalized spacial score (nSPS) is 11.8. The number of carboxylic acids is 1. The van der Waals surface area contributed by atoms with Gasteiger partial charge < -0.3 is 14.3 Å². The number of thiazole rings is 1. The molecule has 2 aromatic heterocycles. The summed E-state index contributed by atoms with van der Waals surface area (Å²) in [7, 11) is 0. The van der Waals surface area contributed by atoms with Crippen LogP contribution in [0.25, 0.3) is 21.7 Å². The number of alkyl halides is 3. The van der Waals surface area contributed by atoms with Crippen molar-refractivity contribution in [2.75, 3.05) is 0 Å². The Hall–Kier alpha value is -3.40. The second-order valence-corrected chi connectivity index (χ2v) is 8.54. The Morgan fingerprint density at radius 1 is 1.12 bits per heavy atom. The van der Waals surface area contributed by atoms with Crippen molar-refractivity contribution in [3.05, 3.63) is 64.0 Å². The largest absolute Gasteiger partial charge is 0.484 e. The smallest absolute Gasteiger partial charge is 0.416 e. The standard InChI is InChI=1S/C23H19F3N2O4S/c1-12-3-8-16-21(32-18(28-16)9-10-19(29)30)20(12)31-11-17-13(2)27-22(33-17)14-4-6-15(7-5-14)23(24,25)26/h3-8H,9-11H2,1-2H3,(H,29,30). The minimum Gasteiger partial charge on any atom is -0.484 e. The van der Waals surface area contributed by atoms with Crippen molar-refractivity contribution in [3.8, 4) is 16.3 Å². The molecule has 0 atom stereocenters. The monoisotopic (exact) mass is 476 g/mol. The fourth-order valence-electron chi connectivity index (χ4n) is 3.24. The Labute approximate surface area is 190 Å². The summed E-state index contributed by atoms with van der Waals surface area (Å²) in [6.45, 7) is 3.87. The molecule has 0 aliphatic carbocycles. The number of nitrogens with zero attached hydrogens (tertiary/aromatic N) is 2. The summed E-state index contributed by atoms with van der Waals surface area (Å²) in [5.74, 6) is -0.110. The van der Waals surface area contributed by atoms with Gasteiger partial charge in [0, 0.05) is 12.0 Å². The molecule has 6 nitrogen and oxygen atoms in total. The number of carbonyl (C=O) groups is 1. The Morgan fingerprint density at radius 2 is 1.85 bits per heavy atom. The van der Waals surface area contributed by atoms with E-state index in [4.69, 9.17) is 14.3 Å². The Kier molecular flexibility index (Phi) is 6.11. The molecule has 0 fully saturated rings. The first-order chi connectivity index (χ1) is 15.6. The highest BCUT2D eigenvalue weighted by Crippen LogP contribution is 2.35. The number of aliphatic carboxylic acids is 1. The Morgan fingerprint density at radius 3 is 2.52 bits per heavy atom. The maximum absolute atomic E-state index is 12.8. The van der Waals surface area contributed by atoms with Crippen LogP contribution in [-0.4, -0.2) is 21.0 Å². The molecule has 172 valence electrons. The number of benzene rings is 2. The molecule has 0 saturated carbocycles. The van der Waals surface area contributed by atoms with Gasteiger partial charge in [0.05, 0.1) is 22.6 Å². The number of fused-ring (bicyclic) bond motifs is 1. The van der Waals surface area contributed by atoms with E-state index in [1.165, 1.54) is 23.5 Å². The van der Waals surface area contributed by atoms with E-state index in [9.17, 15) is 18.0 Å². The third-order valence-electron chi connectivity index (χ3n) is 5.01. The molecule has 2 heterocycles. The fraction of sp³-hybridized carbons (Fsp3) is 0.261. The van der Waals surface area contributed by atoms with E-state index >= 15 is 0 Å². The van der Waals surface area contributed by atoms with Crippen molar-refractivity contribution in [2.45, 2.75) is 39.5 Å². The minimum atomic E-state index is -4.39. The number of aromatic nitrogens is 2. The van der Waals surface area contributed by atoms with E-state index in [0.29, 0.717) is 33.3 Å². The van der Waals surface area contributed by atoms with Crippen LogP contribution >= 0.6 is 11.3 Å². The average Bonchev–Trinajstić information content (AvgIpc) is 3.34. The molecule has 0 aliphatic heterocycles. The van der Waals surface area contributed by atoms with E-state index in [0.717, 1.165) is 28.3 Å². The lowest BCUT2D eigenvalue weighted by molar-refractivity contribution is -0.138. The van der Waals surface area contributed by atoms with Crippen molar-refractivity contribution >= 4 is 28.4 Å². The molecule has 0 radical (unpaired) electrons. The van der Waals surface area contributed by atoms with Crippen LogP contribution < -0.4 is 4.74 Å². The van der Waals surface area contributed by atoms with E-state index in [2.05, 4.69) is 9.97 Å². The second-order valence-electron chi connectivity index (χ2n) is 7.45. The zero-order chi connectivity index (χ0) is 23.8. The number of hydrogen-bond acceptors (Lipinski definition) is 6. The third-order valence-corrected chi connectivity index (χ3v) is 6.19. The number of aryl methyl sites for hydroxylation is 3. The molecule has 4 aromatic rings. The van der Waals surface area contributed by atoms with Crippen LogP contribution in [0.3, 0.4) is 0 Å². The van der Waals surface area contributed by atoms with Gasteiger partial charge in [-0.3, -0.25) is 4.79 Å². The molecule has 1 N–H and O–H groups in total. The summed E-state index contributed by atoms with van der Waals surface area (Å²) in [5, 5.41) is 9.47. The Bertz CT molecular complexity index is 1310. The third kappa shape index (κ3) is 5.00. The SMILES string of the molecule is Cc1ccc2nc(CCC(=O)O)oc2c1OCc1sc(-c2ccc(C(F)(F)F)cc2)nc1C. The van der Waals surface area contributed by atoms with Gasteiger partial charge in [-0.1, -0.05) is 18.2 Å². The Balaban J connectivity index is 1.54. The topological polar surface area (TPSA) is 85.5 Å². The molecular formula is C23H19F3N2O4S. The van der Waals surface area contributed by atoms with E-state index in [1.807, 2.05) is 19.9 Å². The van der Waals surface area contributed by atoms with Gasteiger partial charge >= 0.3 is 12.1 Å². The van der Waals surface area contributed by atoms with Gasteiger partial charge in [-0.25, -0.2) is 9.97 Å². The molecular weight excluding hydrogens is 457 g/mol. The average molecular weight is 476 g/mol. The summed E-state index contributed by atoms with van der Waals surface area (Å²) >= 11 is 1.34. The van der Waals surface area contributed by atoms with E-state index in [-0.39, 0.29) is 19.4 Å². The van der Waals surface area contributed by atoms with Crippen LogP contribution in [0.15, 0.2) is 40.8 Å². The lowest BCUT2D eigenvalue weighted by Gasteiger charge is -2.08. The molecule has 0 spiro atoms. The molecule has 4 rings (SSSR count). The number of ether oxygens (including phenoxy) is 1. The van der Waals surface area contributed by atoms with Gasteiger partial charge in [0.25, 0.3) is 0 Å². The zero-order valence-electron chi connectivity index (χ0n) is 17.7. The van der Waals surface area contributed by atoms with Crippen LogP contribution in [0.1, 0.15) is 34.0 Å². The second kappa shape index (κ2) is 8.86.